The maximum atomic E-state index is 12.7. The number of nitrogens with one attached hydrogen (secondary N) is 1. The normalized spacial score (nSPS) is 10.7. The molecule has 0 saturated heterocycles. The summed E-state index contributed by atoms with van der Waals surface area (Å²) in [7, 11) is 3.09. The van der Waals surface area contributed by atoms with Gasteiger partial charge in [-0.05, 0) is 55.0 Å². The van der Waals surface area contributed by atoms with Gasteiger partial charge in [-0.1, -0.05) is 18.2 Å². The van der Waals surface area contributed by atoms with Crippen LogP contribution < -0.4 is 14.8 Å². The predicted octanol–water partition coefficient (Wildman–Crippen LogP) is 4.00. The van der Waals surface area contributed by atoms with Crippen molar-refractivity contribution in [3.05, 3.63) is 71.8 Å². The summed E-state index contributed by atoms with van der Waals surface area (Å²) in [5.41, 5.74) is 4.37. The molecule has 0 radical (unpaired) electrons. The monoisotopic (exact) mass is 388 g/mol. The maximum absolute atomic E-state index is 12.7. The number of nitrogens with zero attached hydrogens (tertiary/aromatic N) is 3. The SMILES string of the molecule is COc1ccc(C(=O)Nc2cc3nn(-c4ccccc4)nc3cc2C)cc1OC. The fourth-order valence-electron chi connectivity index (χ4n) is 3.05. The Labute approximate surface area is 167 Å². The van der Waals surface area contributed by atoms with E-state index in [0.29, 0.717) is 28.3 Å². The zero-order valence-corrected chi connectivity index (χ0v) is 16.3. The number of fused-ring (bicyclic) bond motifs is 1. The number of amides is 1. The van der Waals surface area contributed by atoms with Crippen LogP contribution in [0.1, 0.15) is 15.9 Å². The van der Waals surface area contributed by atoms with Crippen LogP contribution in [0.5, 0.6) is 11.5 Å². The molecule has 29 heavy (non-hydrogen) atoms. The predicted molar refractivity (Wildman–Crippen MR) is 111 cm³/mol. The van der Waals surface area contributed by atoms with Crippen molar-refractivity contribution in [2.45, 2.75) is 6.92 Å². The molecule has 0 spiro atoms. The van der Waals surface area contributed by atoms with Gasteiger partial charge in [0.15, 0.2) is 11.5 Å². The molecule has 1 amide bonds. The fraction of sp³-hybridized carbons (Fsp3) is 0.136. The number of anilines is 1. The average molecular weight is 388 g/mol. The highest BCUT2D eigenvalue weighted by atomic mass is 16.5. The molecule has 146 valence electrons. The molecule has 7 heteroatoms. The largest absolute Gasteiger partial charge is 0.493 e. The highest BCUT2D eigenvalue weighted by molar-refractivity contribution is 6.05. The molecule has 0 atom stereocenters. The summed E-state index contributed by atoms with van der Waals surface area (Å²) >= 11 is 0. The van der Waals surface area contributed by atoms with Gasteiger partial charge < -0.3 is 14.8 Å². The number of rotatable bonds is 5. The molecule has 0 aliphatic rings. The highest BCUT2D eigenvalue weighted by Gasteiger charge is 2.14. The molecule has 1 N–H and O–H groups in total. The number of para-hydroxylation sites is 1. The van der Waals surface area contributed by atoms with Crippen LogP contribution in [0.3, 0.4) is 0 Å². The van der Waals surface area contributed by atoms with Crippen molar-refractivity contribution in [2.24, 2.45) is 0 Å². The highest BCUT2D eigenvalue weighted by Crippen LogP contribution is 2.28. The summed E-state index contributed by atoms with van der Waals surface area (Å²) in [4.78, 5) is 14.3. The first kappa shape index (κ1) is 18.5. The van der Waals surface area contributed by atoms with E-state index in [4.69, 9.17) is 9.47 Å². The summed E-state index contributed by atoms with van der Waals surface area (Å²) in [6.45, 7) is 1.92. The van der Waals surface area contributed by atoms with E-state index in [0.717, 1.165) is 16.8 Å². The van der Waals surface area contributed by atoms with Gasteiger partial charge in [0.25, 0.3) is 5.91 Å². The zero-order chi connectivity index (χ0) is 20.4. The van der Waals surface area contributed by atoms with Crippen molar-refractivity contribution < 1.29 is 14.3 Å². The quantitative estimate of drug-likeness (QED) is 0.559. The lowest BCUT2D eigenvalue weighted by molar-refractivity contribution is 0.102. The smallest absolute Gasteiger partial charge is 0.255 e. The Bertz CT molecular complexity index is 1190. The standard InChI is InChI=1S/C22H20N4O3/c1-14-11-18-19(25-26(24-18)16-7-5-4-6-8-16)13-17(14)23-22(27)15-9-10-20(28-2)21(12-15)29-3/h4-13H,1-3H3,(H,23,27). The molecule has 0 bridgehead atoms. The van der Waals surface area contributed by atoms with Crippen molar-refractivity contribution in [3.63, 3.8) is 0 Å². The molecule has 0 fully saturated rings. The Balaban J connectivity index is 1.64. The van der Waals surface area contributed by atoms with E-state index in [9.17, 15) is 4.79 Å². The van der Waals surface area contributed by atoms with Gasteiger partial charge in [0.2, 0.25) is 0 Å². The van der Waals surface area contributed by atoms with Crippen molar-refractivity contribution in [2.75, 3.05) is 19.5 Å². The zero-order valence-electron chi connectivity index (χ0n) is 16.3. The lowest BCUT2D eigenvalue weighted by Crippen LogP contribution is -2.13. The van der Waals surface area contributed by atoms with Crippen LogP contribution >= 0.6 is 0 Å². The summed E-state index contributed by atoms with van der Waals surface area (Å²) in [6.07, 6.45) is 0. The Morgan fingerprint density at radius 1 is 0.897 bits per heavy atom. The van der Waals surface area contributed by atoms with Crippen LogP contribution in [-0.2, 0) is 0 Å². The van der Waals surface area contributed by atoms with E-state index in [1.54, 1.807) is 30.1 Å². The number of carbonyl (C=O) groups excluding carboxylic acids is 1. The van der Waals surface area contributed by atoms with Crippen molar-refractivity contribution in [1.82, 2.24) is 15.0 Å². The number of aryl methyl sites for hydroxylation is 1. The first-order valence-corrected chi connectivity index (χ1v) is 9.05. The van der Waals surface area contributed by atoms with Crippen molar-refractivity contribution in [3.8, 4) is 17.2 Å². The van der Waals surface area contributed by atoms with Crippen molar-refractivity contribution in [1.29, 1.82) is 0 Å². The summed E-state index contributed by atoms with van der Waals surface area (Å²) < 4.78 is 10.5. The minimum absolute atomic E-state index is 0.246. The molecule has 4 rings (SSSR count). The first-order chi connectivity index (χ1) is 14.1. The number of carbonyl (C=O) groups is 1. The molecular weight excluding hydrogens is 368 g/mol. The summed E-state index contributed by atoms with van der Waals surface area (Å²) in [6, 6.07) is 18.5. The van der Waals surface area contributed by atoms with Gasteiger partial charge in [-0.2, -0.15) is 4.80 Å². The molecule has 1 aromatic heterocycles. The second-order valence-corrected chi connectivity index (χ2v) is 6.50. The molecule has 0 aliphatic carbocycles. The number of aromatic nitrogens is 3. The van der Waals surface area contributed by atoms with Crippen LogP contribution in [0, 0.1) is 6.92 Å². The Morgan fingerprint density at radius 2 is 1.59 bits per heavy atom. The molecular formula is C22H20N4O3. The lowest BCUT2D eigenvalue weighted by atomic mass is 10.1. The second kappa shape index (κ2) is 7.63. The van der Waals surface area contributed by atoms with E-state index in [1.807, 2.05) is 49.4 Å². The van der Waals surface area contributed by atoms with Crippen molar-refractivity contribution >= 4 is 22.6 Å². The minimum atomic E-state index is -0.246. The Morgan fingerprint density at radius 3 is 2.28 bits per heavy atom. The first-order valence-electron chi connectivity index (χ1n) is 9.05. The van der Waals surface area contributed by atoms with Gasteiger partial charge in [-0.25, -0.2) is 0 Å². The van der Waals surface area contributed by atoms with E-state index < -0.39 is 0 Å². The van der Waals surface area contributed by atoms with Crippen LogP contribution in [0.15, 0.2) is 60.7 Å². The summed E-state index contributed by atoms with van der Waals surface area (Å²) in [5.74, 6) is 0.821. The van der Waals surface area contributed by atoms with Gasteiger partial charge >= 0.3 is 0 Å². The third-order valence-corrected chi connectivity index (χ3v) is 4.61. The number of ether oxygens (including phenoxy) is 2. The van der Waals surface area contributed by atoms with E-state index >= 15 is 0 Å². The molecule has 1 heterocycles. The van der Waals surface area contributed by atoms with Crippen LogP contribution in [0.2, 0.25) is 0 Å². The number of hydrogen-bond donors (Lipinski definition) is 1. The second-order valence-electron chi connectivity index (χ2n) is 6.50. The number of methoxy groups -OCH3 is 2. The third kappa shape index (κ3) is 3.62. The summed E-state index contributed by atoms with van der Waals surface area (Å²) in [5, 5.41) is 12.0. The molecule has 3 aromatic carbocycles. The fourth-order valence-corrected chi connectivity index (χ4v) is 3.05. The average Bonchev–Trinajstić information content (AvgIpc) is 3.16. The minimum Gasteiger partial charge on any atom is -0.493 e. The molecule has 0 saturated carbocycles. The Kier molecular flexibility index (Phi) is 4.87. The van der Waals surface area contributed by atoms with Crippen LogP contribution in [0.4, 0.5) is 5.69 Å². The number of benzene rings is 3. The van der Waals surface area contributed by atoms with E-state index in [1.165, 1.54) is 7.11 Å². The third-order valence-electron chi connectivity index (χ3n) is 4.61. The van der Waals surface area contributed by atoms with Crippen LogP contribution in [-0.4, -0.2) is 35.1 Å². The molecule has 0 aliphatic heterocycles. The lowest BCUT2D eigenvalue weighted by Gasteiger charge is -2.11. The van der Waals surface area contributed by atoms with Gasteiger partial charge in [0.05, 0.1) is 19.9 Å². The Hall–Kier alpha value is -3.87. The molecule has 7 nitrogen and oxygen atoms in total. The van der Waals surface area contributed by atoms with Gasteiger partial charge in [-0.3, -0.25) is 4.79 Å². The van der Waals surface area contributed by atoms with E-state index in [2.05, 4.69) is 15.5 Å². The van der Waals surface area contributed by atoms with E-state index in [-0.39, 0.29) is 5.91 Å². The number of hydrogen-bond acceptors (Lipinski definition) is 5. The molecule has 4 aromatic rings. The van der Waals surface area contributed by atoms with Crippen LogP contribution in [0.25, 0.3) is 16.7 Å². The van der Waals surface area contributed by atoms with Gasteiger partial charge in [0, 0.05) is 11.3 Å². The molecule has 0 unspecified atom stereocenters. The maximum Gasteiger partial charge on any atom is 0.255 e. The van der Waals surface area contributed by atoms with Gasteiger partial charge in [0.1, 0.15) is 11.0 Å². The van der Waals surface area contributed by atoms with Gasteiger partial charge in [-0.15, -0.1) is 10.2 Å². The topological polar surface area (TPSA) is 78.3 Å².